The first-order valence-electron chi connectivity index (χ1n) is 10.9. The lowest BCUT2D eigenvalue weighted by Crippen LogP contribution is -2.32. The van der Waals surface area contributed by atoms with E-state index in [-0.39, 0.29) is 12.0 Å². The lowest BCUT2D eigenvalue weighted by molar-refractivity contribution is -0.192. The summed E-state index contributed by atoms with van der Waals surface area (Å²) in [5.41, 5.74) is 4.42. The van der Waals surface area contributed by atoms with E-state index in [1.165, 1.54) is 11.1 Å². The second-order valence-corrected chi connectivity index (χ2v) is 7.80. The van der Waals surface area contributed by atoms with Crippen molar-refractivity contribution in [2.75, 3.05) is 13.2 Å². The summed E-state index contributed by atoms with van der Waals surface area (Å²) in [7, 11) is 0. The summed E-state index contributed by atoms with van der Waals surface area (Å²) in [6.45, 7) is 1.83. The number of hydrogen-bond donors (Lipinski definition) is 2. The van der Waals surface area contributed by atoms with Gasteiger partial charge in [-0.2, -0.15) is 18.3 Å². The number of carbonyl (C=O) groups is 2. The van der Waals surface area contributed by atoms with Crippen molar-refractivity contribution in [2.24, 2.45) is 0 Å². The van der Waals surface area contributed by atoms with Crippen LogP contribution in [-0.2, 0) is 33.7 Å². The van der Waals surface area contributed by atoms with Gasteiger partial charge < -0.3 is 15.2 Å². The third kappa shape index (κ3) is 8.21. The van der Waals surface area contributed by atoms with Gasteiger partial charge in [0.2, 0.25) is 5.91 Å². The number of halogens is 3. The molecule has 0 fully saturated rings. The standard InChI is InChI=1S/C22H24N4O2.C2HF3O2/c27-21(9-8-17-7-4-11-23-13-17)24-14-20-22-19(10-12-28-20)16-26(25-22)15-18-5-2-1-3-6-18;3-2(4,5)1(6)7/h1-7,11,13,16,20H,8-10,12,14-15H2,(H,24,27);(H,6,7). The molecule has 1 unspecified atom stereocenters. The minimum absolute atomic E-state index is 0.0169. The second kappa shape index (κ2) is 12.1. The van der Waals surface area contributed by atoms with Crippen LogP contribution in [0.25, 0.3) is 0 Å². The molecule has 0 saturated heterocycles. The molecule has 0 spiro atoms. The molecule has 1 amide bonds. The largest absolute Gasteiger partial charge is 0.490 e. The number of rotatable bonds is 7. The van der Waals surface area contributed by atoms with Crippen molar-refractivity contribution < 1.29 is 32.6 Å². The molecule has 35 heavy (non-hydrogen) atoms. The average Bonchev–Trinajstić information content (AvgIpc) is 3.25. The van der Waals surface area contributed by atoms with Gasteiger partial charge in [0.05, 0.1) is 18.8 Å². The van der Waals surface area contributed by atoms with Gasteiger partial charge in [-0.1, -0.05) is 36.4 Å². The number of amides is 1. The highest BCUT2D eigenvalue weighted by Gasteiger charge is 2.38. The molecule has 11 heteroatoms. The topological polar surface area (TPSA) is 106 Å². The van der Waals surface area contributed by atoms with E-state index in [9.17, 15) is 18.0 Å². The molecule has 1 aliphatic heterocycles. The van der Waals surface area contributed by atoms with E-state index in [2.05, 4.69) is 28.6 Å². The highest BCUT2D eigenvalue weighted by Crippen LogP contribution is 2.25. The Hall–Kier alpha value is -3.73. The van der Waals surface area contributed by atoms with Crippen LogP contribution in [0.3, 0.4) is 0 Å². The minimum Gasteiger partial charge on any atom is -0.475 e. The number of nitrogens with one attached hydrogen (secondary N) is 1. The summed E-state index contributed by atoms with van der Waals surface area (Å²) in [6.07, 6.45) is 2.33. The maximum absolute atomic E-state index is 12.2. The predicted molar refractivity (Wildman–Crippen MR) is 119 cm³/mol. The van der Waals surface area contributed by atoms with E-state index in [0.717, 1.165) is 24.2 Å². The lowest BCUT2D eigenvalue weighted by atomic mass is 10.1. The Kier molecular flexibility index (Phi) is 8.96. The number of carboxylic acids is 1. The van der Waals surface area contributed by atoms with Crippen LogP contribution < -0.4 is 5.32 Å². The van der Waals surface area contributed by atoms with E-state index in [1.54, 1.807) is 12.4 Å². The SMILES string of the molecule is O=C(CCc1cccnc1)NCC1OCCc2cn(Cc3ccccc3)nc21.O=C(O)C(F)(F)F. The van der Waals surface area contributed by atoms with E-state index in [0.29, 0.717) is 26.0 Å². The Labute approximate surface area is 199 Å². The van der Waals surface area contributed by atoms with E-state index in [1.807, 2.05) is 35.0 Å². The van der Waals surface area contributed by atoms with Crippen LogP contribution in [0.5, 0.6) is 0 Å². The maximum atomic E-state index is 12.2. The van der Waals surface area contributed by atoms with Crippen molar-refractivity contribution in [1.82, 2.24) is 20.1 Å². The molecule has 4 rings (SSSR count). The number of aryl methyl sites for hydroxylation is 1. The number of pyridine rings is 1. The first-order chi connectivity index (χ1) is 16.7. The number of nitrogens with zero attached hydrogens (tertiary/aromatic N) is 3. The first-order valence-corrected chi connectivity index (χ1v) is 10.9. The molecule has 1 aliphatic rings. The zero-order chi connectivity index (χ0) is 25.3. The molecule has 1 aromatic carbocycles. The van der Waals surface area contributed by atoms with E-state index < -0.39 is 12.1 Å². The molecule has 2 aromatic heterocycles. The number of ether oxygens (including phenoxy) is 1. The Morgan fingerprint density at radius 1 is 1.14 bits per heavy atom. The number of hydrogen-bond acceptors (Lipinski definition) is 5. The van der Waals surface area contributed by atoms with Gasteiger partial charge in [-0.25, -0.2) is 4.79 Å². The molecule has 0 radical (unpaired) electrons. The lowest BCUT2D eigenvalue weighted by Gasteiger charge is -2.22. The van der Waals surface area contributed by atoms with Gasteiger partial charge >= 0.3 is 12.1 Å². The Balaban J connectivity index is 0.000000429. The second-order valence-electron chi connectivity index (χ2n) is 7.80. The Bertz CT molecular complexity index is 1100. The number of carboxylic acid groups (broad SMARTS) is 1. The molecule has 0 aliphatic carbocycles. The molecule has 0 saturated carbocycles. The van der Waals surface area contributed by atoms with Gasteiger partial charge in [-0.3, -0.25) is 14.5 Å². The molecule has 186 valence electrons. The quantitative estimate of drug-likeness (QED) is 0.526. The number of fused-ring (bicyclic) bond motifs is 1. The molecule has 3 aromatic rings. The number of alkyl halides is 3. The maximum Gasteiger partial charge on any atom is 0.490 e. The van der Waals surface area contributed by atoms with Crippen LogP contribution in [-0.4, -0.2) is 51.1 Å². The number of carbonyl (C=O) groups excluding carboxylic acids is 1. The van der Waals surface area contributed by atoms with Gasteiger partial charge in [0.1, 0.15) is 6.10 Å². The van der Waals surface area contributed by atoms with Crippen LogP contribution in [0, 0.1) is 0 Å². The fourth-order valence-electron chi connectivity index (χ4n) is 3.44. The van der Waals surface area contributed by atoms with Crippen molar-refractivity contribution in [3.8, 4) is 0 Å². The van der Waals surface area contributed by atoms with Crippen LogP contribution in [0.1, 0.15) is 34.9 Å². The monoisotopic (exact) mass is 490 g/mol. The van der Waals surface area contributed by atoms with Crippen molar-refractivity contribution in [3.63, 3.8) is 0 Å². The van der Waals surface area contributed by atoms with Gasteiger partial charge in [0.15, 0.2) is 0 Å². The highest BCUT2D eigenvalue weighted by atomic mass is 19.4. The van der Waals surface area contributed by atoms with Gasteiger partial charge in [-0.05, 0) is 35.6 Å². The summed E-state index contributed by atoms with van der Waals surface area (Å²) in [6, 6.07) is 14.1. The minimum atomic E-state index is -5.08. The number of benzene rings is 1. The third-order valence-corrected chi connectivity index (χ3v) is 5.14. The summed E-state index contributed by atoms with van der Waals surface area (Å²) in [4.78, 5) is 25.2. The number of aliphatic carboxylic acids is 1. The normalized spacial score (nSPS) is 14.9. The summed E-state index contributed by atoms with van der Waals surface area (Å²) in [5, 5.41) is 14.8. The molecule has 8 nitrogen and oxygen atoms in total. The fraction of sp³-hybridized carbons (Fsp3) is 0.333. The van der Waals surface area contributed by atoms with Crippen molar-refractivity contribution >= 4 is 11.9 Å². The third-order valence-electron chi connectivity index (χ3n) is 5.14. The summed E-state index contributed by atoms with van der Waals surface area (Å²) in [5.74, 6) is -2.74. The van der Waals surface area contributed by atoms with Crippen LogP contribution in [0.2, 0.25) is 0 Å². The van der Waals surface area contributed by atoms with Crippen molar-refractivity contribution in [3.05, 3.63) is 83.4 Å². The molecule has 2 N–H and O–H groups in total. The van der Waals surface area contributed by atoms with Crippen molar-refractivity contribution in [2.45, 2.75) is 38.1 Å². The molecule has 0 bridgehead atoms. The van der Waals surface area contributed by atoms with Gasteiger partial charge in [0, 0.05) is 31.6 Å². The first kappa shape index (κ1) is 25.9. The summed E-state index contributed by atoms with van der Waals surface area (Å²) < 4.78 is 39.6. The number of aromatic nitrogens is 3. The molecule has 3 heterocycles. The Morgan fingerprint density at radius 2 is 1.86 bits per heavy atom. The summed E-state index contributed by atoms with van der Waals surface area (Å²) >= 11 is 0. The zero-order valence-corrected chi connectivity index (χ0v) is 18.7. The van der Waals surface area contributed by atoms with Gasteiger partial charge in [0.25, 0.3) is 0 Å². The zero-order valence-electron chi connectivity index (χ0n) is 18.7. The smallest absolute Gasteiger partial charge is 0.475 e. The van der Waals surface area contributed by atoms with Gasteiger partial charge in [-0.15, -0.1) is 0 Å². The van der Waals surface area contributed by atoms with Crippen molar-refractivity contribution in [1.29, 1.82) is 0 Å². The fourth-order valence-corrected chi connectivity index (χ4v) is 3.44. The Morgan fingerprint density at radius 3 is 2.51 bits per heavy atom. The highest BCUT2D eigenvalue weighted by molar-refractivity contribution is 5.76. The predicted octanol–water partition coefficient (Wildman–Crippen LogP) is 3.32. The molecular formula is C24H25F3N4O4. The van der Waals surface area contributed by atoms with E-state index >= 15 is 0 Å². The average molecular weight is 490 g/mol. The van der Waals surface area contributed by atoms with Crippen LogP contribution in [0.4, 0.5) is 13.2 Å². The van der Waals surface area contributed by atoms with Crippen LogP contribution in [0.15, 0.2) is 61.1 Å². The van der Waals surface area contributed by atoms with E-state index in [4.69, 9.17) is 19.7 Å². The molecule has 1 atom stereocenters. The van der Waals surface area contributed by atoms with Crippen LogP contribution >= 0.6 is 0 Å². The molecular weight excluding hydrogens is 465 g/mol.